The Bertz CT molecular complexity index is 2270. The number of phenolic OH excluding ortho intramolecular Hbond substituents is 1. The summed E-state index contributed by atoms with van der Waals surface area (Å²) in [5, 5.41) is 31.1. The normalized spacial score (nSPS) is 26.4. The van der Waals surface area contributed by atoms with E-state index in [1.165, 1.54) is 30.3 Å². The van der Waals surface area contributed by atoms with Crippen LogP contribution in [0.5, 0.6) is 11.5 Å². The molecular formula is C41H31BF3NO8. The Morgan fingerprint density at radius 1 is 0.815 bits per heavy atom. The number of allylic oxidation sites excluding steroid dienone is 4. The molecular weight excluding hydrogens is 702 g/mol. The van der Waals surface area contributed by atoms with Crippen molar-refractivity contribution in [2.24, 2.45) is 23.7 Å². The zero-order valence-corrected chi connectivity index (χ0v) is 28.3. The van der Waals surface area contributed by atoms with E-state index < -0.39 is 83.4 Å². The molecule has 1 heterocycles. The van der Waals surface area contributed by atoms with E-state index >= 15 is 9.59 Å². The van der Waals surface area contributed by atoms with E-state index in [0.29, 0.717) is 16.7 Å². The number of anilines is 1. The van der Waals surface area contributed by atoms with Crippen molar-refractivity contribution in [2.45, 2.75) is 30.5 Å². The van der Waals surface area contributed by atoms with Gasteiger partial charge in [-0.3, -0.25) is 24.1 Å². The Labute approximate surface area is 307 Å². The maximum atomic E-state index is 15.1. The molecule has 272 valence electrons. The molecule has 1 saturated carbocycles. The fourth-order valence-corrected chi connectivity index (χ4v) is 9.26. The van der Waals surface area contributed by atoms with Crippen LogP contribution in [0.1, 0.15) is 35.4 Å². The van der Waals surface area contributed by atoms with Gasteiger partial charge in [-0.15, -0.1) is 13.2 Å². The van der Waals surface area contributed by atoms with Crippen molar-refractivity contribution in [1.29, 1.82) is 0 Å². The third kappa shape index (κ3) is 5.49. The largest absolute Gasteiger partial charge is 0.573 e. The number of aromatic hydroxyl groups is 1. The lowest BCUT2D eigenvalue weighted by Crippen LogP contribution is -2.58. The number of carbonyl (C=O) groups is 4. The second-order valence-electron chi connectivity index (χ2n) is 14.0. The van der Waals surface area contributed by atoms with Crippen LogP contribution in [0, 0.1) is 23.7 Å². The zero-order chi connectivity index (χ0) is 38.1. The zero-order valence-electron chi connectivity index (χ0n) is 28.3. The summed E-state index contributed by atoms with van der Waals surface area (Å²) in [6.07, 6.45) is -2.17. The van der Waals surface area contributed by atoms with Crippen LogP contribution in [-0.2, 0) is 24.6 Å². The quantitative estimate of drug-likeness (QED) is 0.143. The number of hydrogen-bond donors (Lipinski definition) is 3. The molecule has 0 bridgehead atoms. The van der Waals surface area contributed by atoms with Gasteiger partial charge in [-0.2, -0.15) is 0 Å². The van der Waals surface area contributed by atoms with Gasteiger partial charge in [-0.05, 0) is 71.8 Å². The van der Waals surface area contributed by atoms with E-state index in [1.807, 2.05) is 0 Å². The van der Waals surface area contributed by atoms with E-state index in [2.05, 4.69) is 4.74 Å². The number of ether oxygens (including phenoxy) is 1. The van der Waals surface area contributed by atoms with Gasteiger partial charge in [-0.25, -0.2) is 0 Å². The van der Waals surface area contributed by atoms with Crippen molar-refractivity contribution in [1.82, 2.24) is 0 Å². The Hall–Kier alpha value is -5.79. The summed E-state index contributed by atoms with van der Waals surface area (Å²) in [5.74, 6) is -8.52. The number of alkyl halides is 3. The van der Waals surface area contributed by atoms with E-state index in [9.17, 15) is 37.9 Å². The number of Topliss-reactive ketones (excluding diaryl/α,β-unsaturated/α-hetero) is 1. The lowest BCUT2D eigenvalue weighted by molar-refractivity contribution is -0.274. The minimum atomic E-state index is -5.09. The number of imide groups is 1. The molecule has 0 radical (unpaired) electrons. The van der Waals surface area contributed by atoms with Crippen molar-refractivity contribution >= 4 is 47.2 Å². The number of nitrogens with zero attached hydrogens (tertiary/aromatic N) is 1. The first-order valence-corrected chi connectivity index (χ1v) is 17.3. The topological polar surface area (TPSA) is 141 Å². The molecule has 9 nitrogen and oxygen atoms in total. The van der Waals surface area contributed by atoms with Crippen LogP contribution in [0.2, 0.25) is 0 Å². The number of fused-ring (bicyclic) bond motifs is 4. The molecule has 1 saturated heterocycles. The first kappa shape index (κ1) is 35.3. The number of ketones is 2. The molecule has 4 aromatic rings. The Morgan fingerprint density at radius 2 is 1.52 bits per heavy atom. The second kappa shape index (κ2) is 13.0. The van der Waals surface area contributed by atoms with Gasteiger partial charge in [0, 0.05) is 23.0 Å². The number of carbonyl (C=O) groups excluding carboxylic acids is 4. The van der Waals surface area contributed by atoms with E-state index in [-0.39, 0.29) is 35.1 Å². The molecule has 2 fully saturated rings. The molecule has 6 atom stereocenters. The molecule has 8 rings (SSSR count). The number of hydrogen-bond acceptors (Lipinski definition) is 8. The Balaban J connectivity index is 1.36. The number of rotatable bonds is 6. The van der Waals surface area contributed by atoms with Crippen molar-refractivity contribution < 1.29 is 52.2 Å². The lowest BCUT2D eigenvalue weighted by atomic mass is 9.44. The van der Waals surface area contributed by atoms with Crippen LogP contribution in [0.25, 0.3) is 5.57 Å². The van der Waals surface area contributed by atoms with Crippen molar-refractivity contribution in [3.63, 3.8) is 0 Å². The number of halogens is 3. The SMILES string of the molecule is O=C1C(c2ccccc2)=CC(=O)[C@@]2(c3ccccc3)[C@@H](c3cc(OC(F)(F)F)ccc3O)C3=CC[C@@H]4C(=O)N(c5cccc(B(O)O)c5)C(=O)[C@@H]4[C@@H]3C[C@@H]12. The van der Waals surface area contributed by atoms with Crippen LogP contribution in [0.4, 0.5) is 18.9 Å². The molecule has 13 heteroatoms. The monoisotopic (exact) mass is 733 g/mol. The Kier molecular flexibility index (Phi) is 8.46. The van der Waals surface area contributed by atoms with Gasteiger partial charge in [0.05, 0.1) is 22.9 Å². The summed E-state index contributed by atoms with van der Waals surface area (Å²) < 4.78 is 45.0. The van der Waals surface area contributed by atoms with Crippen molar-refractivity contribution in [2.75, 3.05) is 4.90 Å². The fraction of sp³-hybridized carbons (Fsp3) is 0.220. The number of phenols is 1. The molecule has 3 aliphatic carbocycles. The van der Waals surface area contributed by atoms with Crippen molar-refractivity contribution in [3.8, 4) is 11.5 Å². The van der Waals surface area contributed by atoms with Crippen LogP contribution >= 0.6 is 0 Å². The highest BCUT2D eigenvalue weighted by atomic mass is 19.4. The maximum absolute atomic E-state index is 15.1. The smallest absolute Gasteiger partial charge is 0.508 e. The third-order valence-corrected chi connectivity index (χ3v) is 11.3. The minimum Gasteiger partial charge on any atom is -0.508 e. The van der Waals surface area contributed by atoms with E-state index in [0.717, 1.165) is 23.1 Å². The lowest BCUT2D eigenvalue weighted by Gasteiger charge is -2.55. The van der Waals surface area contributed by atoms with Crippen LogP contribution < -0.4 is 15.1 Å². The summed E-state index contributed by atoms with van der Waals surface area (Å²) in [6, 6.07) is 25.7. The highest BCUT2D eigenvalue weighted by Crippen LogP contribution is 2.64. The van der Waals surface area contributed by atoms with Crippen LogP contribution in [-0.4, -0.2) is 52.0 Å². The molecule has 3 N–H and O–H groups in total. The highest BCUT2D eigenvalue weighted by molar-refractivity contribution is 6.58. The molecule has 4 aromatic carbocycles. The third-order valence-electron chi connectivity index (χ3n) is 11.3. The molecule has 0 unspecified atom stereocenters. The average molecular weight is 734 g/mol. The van der Waals surface area contributed by atoms with E-state index in [1.54, 1.807) is 66.7 Å². The van der Waals surface area contributed by atoms with Gasteiger partial charge >= 0.3 is 13.5 Å². The first-order valence-electron chi connectivity index (χ1n) is 17.3. The minimum absolute atomic E-state index is 0.0126. The number of amides is 2. The van der Waals surface area contributed by atoms with E-state index in [4.69, 9.17) is 0 Å². The molecule has 4 aliphatic rings. The summed E-state index contributed by atoms with van der Waals surface area (Å²) in [5.41, 5.74) is -0.322. The molecule has 0 aromatic heterocycles. The van der Waals surface area contributed by atoms with Crippen molar-refractivity contribution in [3.05, 3.63) is 138 Å². The average Bonchev–Trinajstić information content (AvgIpc) is 3.42. The summed E-state index contributed by atoms with van der Waals surface area (Å²) in [6.45, 7) is 0. The molecule has 0 spiro atoms. The van der Waals surface area contributed by atoms with Crippen LogP contribution in [0.15, 0.2) is 121 Å². The van der Waals surface area contributed by atoms with Gasteiger partial charge in [-0.1, -0.05) is 84.4 Å². The van der Waals surface area contributed by atoms with Gasteiger partial charge in [0.15, 0.2) is 11.6 Å². The predicted molar refractivity (Wildman–Crippen MR) is 190 cm³/mol. The van der Waals surface area contributed by atoms with Gasteiger partial charge in [0.25, 0.3) is 0 Å². The molecule has 2 amide bonds. The summed E-state index contributed by atoms with van der Waals surface area (Å²) >= 11 is 0. The maximum Gasteiger partial charge on any atom is 0.573 e. The Morgan fingerprint density at radius 3 is 2.20 bits per heavy atom. The van der Waals surface area contributed by atoms with Gasteiger partial charge in [0.2, 0.25) is 11.8 Å². The summed E-state index contributed by atoms with van der Waals surface area (Å²) in [4.78, 5) is 59.7. The molecule has 1 aliphatic heterocycles. The molecule has 54 heavy (non-hydrogen) atoms. The fourth-order valence-electron chi connectivity index (χ4n) is 9.26. The standard InChI is InChI=1S/C41H31BF3NO8/c43-41(44,45)54-26-14-17-33(47)31(19-26)36-27-15-16-28-35(39(51)46(38(28)50)25-13-7-12-24(18-25)42(52)53)30(27)20-32-37(49)29(22-8-3-1-4-9-22)21-34(48)40(32,36)23-10-5-2-6-11-23/h1-15,17-19,21,28,30,32,35-36,47,52-53H,16,20H2/t28-,30+,32-,35-,36+,40-/m0/s1. The van der Waals surface area contributed by atoms with Gasteiger partial charge in [0.1, 0.15) is 11.5 Å². The number of benzene rings is 4. The van der Waals surface area contributed by atoms with Gasteiger partial charge < -0.3 is 19.9 Å². The predicted octanol–water partition coefficient (Wildman–Crippen LogP) is 5.00. The first-order chi connectivity index (χ1) is 25.8. The highest BCUT2D eigenvalue weighted by Gasteiger charge is 2.66. The summed E-state index contributed by atoms with van der Waals surface area (Å²) in [7, 11) is -1.87. The second-order valence-corrected chi connectivity index (χ2v) is 14.0. The van der Waals surface area contributed by atoms with Crippen LogP contribution in [0.3, 0.4) is 0 Å².